The summed E-state index contributed by atoms with van der Waals surface area (Å²) in [6.45, 7) is -0.0775. The number of carbonyl (C=O) groups is 1. The molecule has 0 fully saturated rings. The van der Waals surface area contributed by atoms with Crippen molar-refractivity contribution < 1.29 is 22.7 Å². The van der Waals surface area contributed by atoms with Crippen molar-refractivity contribution in [2.45, 2.75) is 13.1 Å². The molecule has 2 rings (SSSR count). The zero-order valence-corrected chi connectivity index (χ0v) is 10.8. The Labute approximate surface area is 114 Å². The number of aryl methyl sites for hydroxylation is 1. The fourth-order valence-electron chi connectivity index (χ4n) is 2.03. The lowest BCUT2D eigenvalue weighted by molar-refractivity contribution is -0.170. The van der Waals surface area contributed by atoms with Crippen LogP contribution < -0.4 is 0 Å². The highest BCUT2D eigenvalue weighted by Gasteiger charge is 2.28. The first-order valence-electron chi connectivity index (χ1n) is 6.04. The maximum atomic E-state index is 12.0. The largest absolute Gasteiger partial charge is 0.411 e. The lowest BCUT2D eigenvalue weighted by Crippen LogP contribution is -2.20. The lowest BCUT2D eigenvalue weighted by atomic mass is 9.98. The molecule has 0 unspecified atom stereocenters. The van der Waals surface area contributed by atoms with Crippen LogP contribution in [0, 0.1) is 6.92 Å². The summed E-state index contributed by atoms with van der Waals surface area (Å²) in [4.78, 5) is 12.0. The van der Waals surface area contributed by atoms with Gasteiger partial charge in [-0.15, -0.1) is 0 Å². The molecule has 2 aromatic rings. The molecule has 0 spiro atoms. The van der Waals surface area contributed by atoms with E-state index in [9.17, 15) is 18.0 Å². The van der Waals surface area contributed by atoms with Crippen LogP contribution in [-0.4, -0.2) is 25.2 Å². The fourth-order valence-corrected chi connectivity index (χ4v) is 2.03. The number of fused-ring (bicyclic) bond motifs is 1. The Hall–Kier alpha value is -1.88. The van der Waals surface area contributed by atoms with E-state index in [0.29, 0.717) is 5.56 Å². The third-order valence-electron chi connectivity index (χ3n) is 2.94. The first-order valence-corrected chi connectivity index (χ1v) is 6.04. The number of benzene rings is 2. The molecule has 0 aromatic heterocycles. The lowest BCUT2D eigenvalue weighted by Gasteiger charge is -2.10. The summed E-state index contributed by atoms with van der Waals surface area (Å²) in [5.41, 5.74) is 1.39. The Bertz CT molecular complexity index is 633. The van der Waals surface area contributed by atoms with E-state index in [0.717, 1.165) is 16.3 Å². The monoisotopic (exact) mass is 282 g/mol. The average Bonchev–Trinajstić information content (AvgIpc) is 2.38. The van der Waals surface area contributed by atoms with Crippen molar-refractivity contribution in [1.82, 2.24) is 0 Å². The summed E-state index contributed by atoms with van der Waals surface area (Å²) in [6.07, 6.45) is -4.42. The van der Waals surface area contributed by atoms with Gasteiger partial charge in [0, 0.05) is 5.56 Å². The van der Waals surface area contributed by atoms with Crippen LogP contribution >= 0.6 is 0 Å². The highest BCUT2D eigenvalue weighted by atomic mass is 19.4. The summed E-state index contributed by atoms with van der Waals surface area (Å²) in [6, 6.07) is 10.7. The molecule has 0 aliphatic carbocycles. The molecule has 106 valence electrons. The Morgan fingerprint density at radius 2 is 1.75 bits per heavy atom. The Morgan fingerprint density at radius 3 is 2.40 bits per heavy atom. The number of carbonyl (C=O) groups excluding carboxylic acids is 1. The summed E-state index contributed by atoms with van der Waals surface area (Å²) in [5, 5.41) is 1.64. The Balaban J connectivity index is 2.21. The van der Waals surface area contributed by atoms with Crippen LogP contribution in [0.2, 0.25) is 0 Å². The second kappa shape index (κ2) is 5.63. The van der Waals surface area contributed by atoms with E-state index < -0.39 is 25.2 Å². The maximum absolute atomic E-state index is 12.0. The minimum absolute atomic E-state index is 0.383. The zero-order valence-electron chi connectivity index (χ0n) is 10.8. The van der Waals surface area contributed by atoms with Crippen LogP contribution in [0.5, 0.6) is 0 Å². The van der Waals surface area contributed by atoms with Gasteiger partial charge in [0.25, 0.3) is 0 Å². The van der Waals surface area contributed by atoms with Gasteiger partial charge in [-0.1, -0.05) is 36.4 Å². The van der Waals surface area contributed by atoms with Gasteiger partial charge >= 0.3 is 6.18 Å². The number of alkyl halides is 3. The smallest absolute Gasteiger partial charge is 0.364 e. The molecule has 5 heteroatoms. The van der Waals surface area contributed by atoms with Gasteiger partial charge < -0.3 is 4.74 Å². The third-order valence-corrected chi connectivity index (χ3v) is 2.94. The molecular formula is C15H13F3O2. The van der Waals surface area contributed by atoms with Gasteiger partial charge in [0.15, 0.2) is 5.78 Å². The van der Waals surface area contributed by atoms with Gasteiger partial charge in [0.1, 0.15) is 13.2 Å². The van der Waals surface area contributed by atoms with Crippen molar-refractivity contribution in [3.63, 3.8) is 0 Å². The number of hydrogen-bond acceptors (Lipinski definition) is 2. The number of ketones is 1. The maximum Gasteiger partial charge on any atom is 0.411 e. The van der Waals surface area contributed by atoms with Gasteiger partial charge in [-0.05, 0) is 23.3 Å². The molecule has 0 saturated carbocycles. The molecule has 0 aliphatic heterocycles. The number of hydrogen-bond donors (Lipinski definition) is 0. The van der Waals surface area contributed by atoms with E-state index in [1.54, 1.807) is 24.3 Å². The predicted molar refractivity (Wildman–Crippen MR) is 69.9 cm³/mol. The quantitative estimate of drug-likeness (QED) is 0.795. The van der Waals surface area contributed by atoms with Crippen LogP contribution in [0.15, 0.2) is 36.4 Å². The third kappa shape index (κ3) is 3.36. The molecule has 0 aliphatic rings. The standard InChI is InChI=1S/C15H13F3O2/c1-10-6-7-13(12-5-3-2-4-11(10)12)14(19)8-20-9-15(16,17)18/h2-7H,8-9H2,1H3. The van der Waals surface area contributed by atoms with E-state index in [4.69, 9.17) is 0 Å². The second-order valence-corrected chi connectivity index (χ2v) is 4.51. The average molecular weight is 282 g/mol. The summed E-state index contributed by atoms with van der Waals surface area (Å²) in [7, 11) is 0. The van der Waals surface area contributed by atoms with Gasteiger partial charge in [-0.2, -0.15) is 13.2 Å². The molecule has 0 radical (unpaired) electrons. The van der Waals surface area contributed by atoms with Crippen molar-refractivity contribution >= 4 is 16.6 Å². The molecule has 0 heterocycles. The van der Waals surface area contributed by atoms with Gasteiger partial charge in [-0.3, -0.25) is 4.79 Å². The van der Waals surface area contributed by atoms with Crippen molar-refractivity contribution in [2.24, 2.45) is 0 Å². The topological polar surface area (TPSA) is 26.3 Å². The molecule has 0 atom stereocenters. The summed E-state index contributed by atoms with van der Waals surface area (Å²) >= 11 is 0. The molecule has 0 amide bonds. The van der Waals surface area contributed by atoms with Crippen molar-refractivity contribution in [2.75, 3.05) is 13.2 Å². The molecular weight excluding hydrogens is 269 g/mol. The van der Waals surface area contributed by atoms with Crippen molar-refractivity contribution in [3.8, 4) is 0 Å². The second-order valence-electron chi connectivity index (χ2n) is 4.51. The first-order chi connectivity index (χ1) is 9.38. The summed E-state index contributed by atoms with van der Waals surface area (Å²) < 4.78 is 40.4. The minimum Gasteiger partial charge on any atom is -0.364 e. The van der Waals surface area contributed by atoms with Crippen molar-refractivity contribution in [3.05, 3.63) is 47.5 Å². The van der Waals surface area contributed by atoms with Gasteiger partial charge in [0.05, 0.1) is 0 Å². The fraction of sp³-hybridized carbons (Fsp3) is 0.267. The molecule has 2 nitrogen and oxygen atoms in total. The number of rotatable bonds is 4. The molecule has 0 N–H and O–H groups in total. The zero-order chi connectivity index (χ0) is 14.8. The van der Waals surface area contributed by atoms with E-state index in [1.165, 1.54) is 0 Å². The predicted octanol–water partition coefficient (Wildman–Crippen LogP) is 3.91. The van der Waals surface area contributed by atoms with Gasteiger partial charge in [0.2, 0.25) is 0 Å². The van der Waals surface area contributed by atoms with Crippen LogP contribution in [0.3, 0.4) is 0 Å². The molecule has 20 heavy (non-hydrogen) atoms. The summed E-state index contributed by atoms with van der Waals surface area (Å²) in [5.74, 6) is -0.453. The molecule has 2 aromatic carbocycles. The molecule has 0 saturated heterocycles. The number of ether oxygens (including phenoxy) is 1. The van der Waals surface area contributed by atoms with Gasteiger partial charge in [-0.25, -0.2) is 0 Å². The Kier molecular flexibility index (Phi) is 4.09. The number of halogens is 3. The SMILES string of the molecule is Cc1ccc(C(=O)COCC(F)(F)F)c2ccccc12. The first kappa shape index (κ1) is 14.5. The Morgan fingerprint density at radius 1 is 1.10 bits per heavy atom. The minimum atomic E-state index is -4.42. The van der Waals surface area contributed by atoms with Crippen LogP contribution in [0.25, 0.3) is 10.8 Å². The number of Topliss-reactive ketones (excluding diaryl/α,β-unsaturated/α-hetero) is 1. The van der Waals surface area contributed by atoms with Crippen LogP contribution in [0.4, 0.5) is 13.2 Å². The van der Waals surface area contributed by atoms with E-state index in [-0.39, 0.29) is 0 Å². The van der Waals surface area contributed by atoms with E-state index >= 15 is 0 Å². The van der Waals surface area contributed by atoms with Crippen molar-refractivity contribution in [1.29, 1.82) is 0 Å². The van der Waals surface area contributed by atoms with E-state index in [2.05, 4.69) is 4.74 Å². The van der Waals surface area contributed by atoms with Crippen LogP contribution in [0.1, 0.15) is 15.9 Å². The van der Waals surface area contributed by atoms with E-state index in [1.807, 2.05) is 19.1 Å². The van der Waals surface area contributed by atoms with Crippen LogP contribution in [-0.2, 0) is 4.74 Å². The highest BCUT2D eigenvalue weighted by molar-refractivity contribution is 6.09. The highest BCUT2D eigenvalue weighted by Crippen LogP contribution is 2.23. The normalized spacial score (nSPS) is 11.8. The molecule has 0 bridgehead atoms.